The normalized spacial score (nSPS) is 22.4. The summed E-state index contributed by atoms with van der Waals surface area (Å²) in [7, 11) is 2.00. The average molecular weight is 157 g/mol. The van der Waals surface area contributed by atoms with Crippen molar-refractivity contribution in [3.63, 3.8) is 0 Å². The first-order chi connectivity index (χ1) is 5.38. The minimum absolute atomic E-state index is 0.321. The number of nitrogens with one attached hydrogen (secondary N) is 1. The van der Waals surface area contributed by atoms with E-state index in [0.717, 1.165) is 12.3 Å². The molecule has 1 aliphatic carbocycles. The van der Waals surface area contributed by atoms with Crippen molar-refractivity contribution >= 4 is 0 Å². The molecule has 2 N–H and O–H groups in total. The van der Waals surface area contributed by atoms with Gasteiger partial charge in [0.2, 0.25) is 0 Å². The van der Waals surface area contributed by atoms with Crippen LogP contribution in [0.5, 0.6) is 0 Å². The number of hydrogen-bond donors (Lipinski definition) is 2. The Balaban J connectivity index is 2.27. The zero-order chi connectivity index (χ0) is 8.10. The first-order valence-electron chi connectivity index (χ1n) is 4.66. The molecule has 66 valence electrons. The van der Waals surface area contributed by atoms with E-state index in [4.69, 9.17) is 5.11 Å². The molecule has 0 aromatic rings. The summed E-state index contributed by atoms with van der Waals surface area (Å²) in [6.07, 6.45) is 6.39. The van der Waals surface area contributed by atoms with Gasteiger partial charge in [0, 0.05) is 12.6 Å². The molecule has 0 heterocycles. The summed E-state index contributed by atoms with van der Waals surface area (Å²) >= 11 is 0. The van der Waals surface area contributed by atoms with Gasteiger partial charge in [0.15, 0.2) is 0 Å². The maximum Gasteiger partial charge on any atom is 0.0445 e. The predicted octanol–water partition coefficient (Wildman–Crippen LogP) is 1.15. The molecular formula is C9H19NO. The van der Waals surface area contributed by atoms with Crippen LogP contribution in [-0.4, -0.2) is 24.8 Å². The number of hydrogen-bond acceptors (Lipinski definition) is 2. The van der Waals surface area contributed by atoms with Gasteiger partial charge >= 0.3 is 0 Å². The lowest BCUT2D eigenvalue weighted by atomic mass is 9.96. The molecule has 1 aliphatic rings. The van der Waals surface area contributed by atoms with E-state index in [2.05, 4.69) is 5.32 Å². The molecule has 0 spiro atoms. The van der Waals surface area contributed by atoms with Gasteiger partial charge in [0.1, 0.15) is 0 Å². The van der Waals surface area contributed by atoms with Crippen LogP contribution >= 0.6 is 0 Å². The second-order valence-electron chi connectivity index (χ2n) is 3.45. The van der Waals surface area contributed by atoms with Crippen molar-refractivity contribution in [3.05, 3.63) is 0 Å². The van der Waals surface area contributed by atoms with Crippen LogP contribution in [0.2, 0.25) is 0 Å². The Kier molecular flexibility index (Phi) is 3.87. The van der Waals surface area contributed by atoms with E-state index in [-0.39, 0.29) is 0 Å². The minimum atomic E-state index is 0.321. The summed E-state index contributed by atoms with van der Waals surface area (Å²) in [5, 5.41) is 12.1. The van der Waals surface area contributed by atoms with Crippen LogP contribution in [0.15, 0.2) is 0 Å². The van der Waals surface area contributed by atoms with Crippen LogP contribution in [0.4, 0.5) is 0 Å². The minimum Gasteiger partial charge on any atom is -0.396 e. The Bertz CT molecular complexity index is 99.7. The first kappa shape index (κ1) is 9.01. The molecule has 0 aliphatic heterocycles. The van der Waals surface area contributed by atoms with E-state index < -0.39 is 0 Å². The van der Waals surface area contributed by atoms with Crippen LogP contribution in [-0.2, 0) is 0 Å². The first-order valence-corrected chi connectivity index (χ1v) is 4.66. The quantitative estimate of drug-likeness (QED) is 0.641. The van der Waals surface area contributed by atoms with Gasteiger partial charge in [-0.25, -0.2) is 0 Å². The van der Waals surface area contributed by atoms with Gasteiger partial charge < -0.3 is 10.4 Å². The second kappa shape index (κ2) is 4.73. The zero-order valence-electron chi connectivity index (χ0n) is 7.34. The Hall–Kier alpha value is -0.0800. The summed E-state index contributed by atoms with van der Waals surface area (Å²) in [4.78, 5) is 0. The topological polar surface area (TPSA) is 32.3 Å². The Morgan fingerprint density at radius 2 is 2.09 bits per heavy atom. The molecule has 0 amide bonds. The summed E-state index contributed by atoms with van der Waals surface area (Å²) in [6.45, 7) is 0.321. The smallest absolute Gasteiger partial charge is 0.0445 e. The fraction of sp³-hybridized carbons (Fsp3) is 1.00. The van der Waals surface area contributed by atoms with Gasteiger partial charge in [-0.1, -0.05) is 12.8 Å². The third-order valence-electron chi connectivity index (χ3n) is 2.78. The molecular weight excluding hydrogens is 138 g/mol. The average Bonchev–Trinajstić information content (AvgIpc) is 2.52. The second-order valence-corrected chi connectivity index (χ2v) is 3.45. The molecule has 11 heavy (non-hydrogen) atoms. The van der Waals surface area contributed by atoms with Gasteiger partial charge in [-0.15, -0.1) is 0 Å². The molecule has 0 aromatic heterocycles. The lowest BCUT2D eigenvalue weighted by Gasteiger charge is -2.21. The Morgan fingerprint density at radius 3 is 2.55 bits per heavy atom. The SMILES string of the molecule is CNC(CCO)C1CCCC1. The van der Waals surface area contributed by atoms with Gasteiger partial charge in [0.05, 0.1) is 0 Å². The predicted molar refractivity (Wildman–Crippen MR) is 46.5 cm³/mol. The van der Waals surface area contributed by atoms with Gasteiger partial charge in [-0.3, -0.25) is 0 Å². The number of rotatable bonds is 4. The van der Waals surface area contributed by atoms with E-state index in [1.807, 2.05) is 7.05 Å². The van der Waals surface area contributed by atoms with E-state index in [1.165, 1.54) is 25.7 Å². The van der Waals surface area contributed by atoms with Crippen molar-refractivity contribution in [2.24, 2.45) is 5.92 Å². The summed E-state index contributed by atoms with van der Waals surface area (Å²) in [5.74, 6) is 0.826. The van der Waals surface area contributed by atoms with E-state index in [1.54, 1.807) is 0 Å². The van der Waals surface area contributed by atoms with Crippen molar-refractivity contribution in [2.45, 2.75) is 38.1 Å². The summed E-state index contributed by atoms with van der Waals surface area (Å²) in [6, 6.07) is 0.558. The highest BCUT2D eigenvalue weighted by Crippen LogP contribution is 2.28. The molecule has 1 fully saturated rings. The fourth-order valence-corrected chi connectivity index (χ4v) is 2.11. The number of aliphatic hydroxyl groups is 1. The molecule has 2 heteroatoms. The van der Waals surface area contributed by atoms with Crippen molar-refractivity contribution < 1.29 is 5.11 Å². The molecule has 0 radical (unpaired) electrons. The molecule has 2 nitrogen and oxygen atoms in total. The van der Waals surface area contributed by atoms with Crippen molar-refractivity contribution in [2.75, 3.05) is 13.7 Å². The molecule has 1 saturated carbocycles. The van der Waals surface area contributed by atoms with Gasteiger partial charge in [-0.2, -0.15) is 0 Å². The van der Waals surface area contributed by atoms with Crippen LogP contribution in [0.3, 0.4) is 0 Å². The zero-order valence-corrected chi connectivity index (χ0v) is 7.34. The summed E-state index contributed by atoms with van der Waals surface area (Å²) in [5.41, 5.74) is 0. The van der Waals surface area contributed by atoms with Gasteiger partial charge in [0.25, 0.3) is 0 Å². The monoisotopic (exact) mass is 157 g/mol. The molecule has 1 atom stereocenters. The Morgan fingerprint density at radius 1 is 1.45 bits per heavy atom. The molecule has 0 saturated heterocycles. The fourth-order valence-electron chi connectivity index (χ4n) is 2.11. The maximum atomic E-state index is 8.79. The van der Waals surface area contributed by atoms with Crippen LogP contribution in [0, 0.1) is 5.92 Å². The Labute approximate surface area is 69.0 Å². The molecule has 0 aromatic carbocycles. The van der Waals surface area contributed by atoms with Crippen LogP contribution in [0.25, 0.3) is 0 Å². The molecule has 0 bridgehead atoms. The van der Waals surface area contributed by atoms with Crippen molar-refractivity contribution in [1.29, 1.82) is 0 Å². The molecule has 1 rings (SSSR count). The highest BCUT2D eigenvalue weighted by molar-refractivity contribution is 4.79. The molecule has 1 unspecified atom stereocenters. The third kappa shape index (κ3) is 2.46. The maximum absolute atomic E-state index is 8.79. The van der Waals surface area contributed by atoms with E-state index >= 15 is 0 Å². The highest BCUT2D eigenvalue weighted by Gasteiger charge is 2.22. The largest absolute Gasteiger partial charge is 0.396 e. The number of aliphatic hydroxyl groups excluding tert-OH is 1. The van der Waals surface area contributed by atoms with Gasteiger partial charge in [-0.05, 0) is 32.2 Å². The van der Waals surface area contributed by atoms with Crippen molar-refractivity contribution in [3.8, 4) is 0 Å². The van der Waals surface area contributed by atoms with Crippen molar-refractivity contribution in [1.82, 2.24) is 5.32 Å². The highest BCUT2D eigenvalue weighted by atomic mass is 16.3. The third-order valence-corrected chi connectivity index (χ3v) is 2.78. The van der Waals surface area contributed by atoms with Crippen LogP contribution < -0.4 is 5.32 Å². The standard InChI is InChI=1S/C9H19NO/c1-10-9(6-7-11)8-4-2-3-5-8/h8-11H,2-7H2,1H3. The lowest BCUT2D eigenvalue weighted by Crippen LogP contribution is -2.32. The van der Waals surface area contributed by atoms with Crippen LogP contribution in [0.1, 0.15) is 32.1 Å². The summed E-state index contributed by atoms with van der Waals surface area (Å²) < 4.78 is 0. The van der Waals surface area contributed by atoms with E-state index in [9.17, 15) is 0 Å². The van der Waals surface area contributed by atoms with E-state index in [0.29, 0.717) is 12.6 Å². The lowest BCUT2D eigenvalue weighted by molar-refractivity contribution is 0.241.